The summed E-state index contributed by atoms with van der Waals surface area (Å²) in [4.78, 5) is 30.4. The van der Waals surface area contributed by atoms with Gasteiger partial charge in [0.2, 0.25) is 5.91 Å². The van der Waals surface area contributed by atoms with Gasteiger partial charge in [0, 0.05) is 32.6 Å². The second-order valence-electron chi connectivity index (χ2n) is 6.16. The summed E-state index contributed by atoms with van der Waals surface area (Å²) in [5, 5.41) is 8.43. The lowest BCUT2D eigenvalue weighted by atomic mass is 9.95. The number of likely N-dealkylation sites (tertiary alicyclic amines) is 1. The third-order valence-electron chi connectivity index (χ3n) is 4.72. The Kier molecular flexibility index (Phi) is 4.50. The Bertz CT molecular complexity index is 753. The molecule has 9 heteroatoms. The molecular weight excluding hydrogens is 310 g/mol. The maximum atomic E-state index is 12.6. The first kappa shape index (κ1) is 16.4. The molecule has 9 nitrogen and oxygen atoms in total. The predicted molar refractivity (Wildman–Crippen MR) is 86.4 cm³/mol. The van der Waals surface area contributed by atoms with Crippen molar-refractivity contribution in [2.24, 2.45) is 7.05 Å². The van der Waals surface area contributed by atoms with E-state index >= 15 is 0 Å². The lowest BCUT2D eigenvalue weighted by Gasteiger charge is -2.33. The Labute approximate surface area is 139 Å². The van der Waals surface area contributed by atoms with Crippen molar-refractivity contribution in [3.8, 4) is 0 Å². The number of nitrogens with zero attached hydrogens (tertiary/aromatic N) is 7. The minimum atomic E-state index is -0.354. The van der Waals surface area contributed by atoms with E-state index in [1.165, 1.54) is 11.0 Å². The highest BCUT2D eigenvalue weighted by atomic mass is 16.2. The molecule has 0 spiro atoms. The Morgan fingerprint density at radius 2 is 2.08 bits per heavy atom. The molecule has 0 saturated carbocycles. The van der Waals surface area contributed by atoms with Crippen LogP contribution in [0, 0.1) is 0 Å². The average molecular weight is 333 g/mol. The number of amides is 1. The first-order chi connectivity index (χ1) is 11.5. The van der Waals surface area contributed by atoms with Gasteiger partial charge < -0.3 is 4.90 Å². The number of hydrogen-bond acceptors (Lipinski definition) is 5. The van der Waals surface area contributed by atoms with E-state index < -0.39 is 0 Å². The van der Waals surface area contributed by atoms with Crippen LogP contribution in [0.25, 0.3) is 0 Å². The van der Waals surface area contributed by atoms with Gasteiger partial charge in [-0.3, -0.25) is 9.36 Å². The van der Waals surface area contributed by atoms with Crippen molar-refractivity contribution in [3.63, 3.8) is 0 Å². The first-order valence-electron chi connectivity index (χ1n) is 8.29. The summed E-state index contributed by atoms with van der Waals surface area (Å²) in [5.74, 6) is 1.10. The first-order valence-corrected chi connectivity index (χ1v) is 8.29. The van der Waals surface area contributed by atoms with E-state index in [4.69, 9.17) is 0 Å². The molecule has 0 aromatic carbocycles. The highest BCUT2D eigenvalue weighted by Crippen LogP contribution is 2.27. The van der Waals surface area contributed by atoms with Gasteiger partial charge in [-0.15, -0.1) is 0 Å². The Hall–Kier alpha value is -2.45. The molecule has 2 aromatic heterocycles. The van der Waals surface area contributed by atoms with Crippen LogP contribution in [0.2, 0.25) is 0 Å². The Morgan fingerprint density at radius 1 is 1.38 bits per heavy atom. The Balaban J connectivity index is 1.67. The van der Waals surface area contributed by atoms with Gasteiger partial charge in [-0.2, -0.15) is 10.2 Å². The number of piperidine rings is 1. The van der Waals surface area contributed by atoms with E-state index in [1.54, 1.807) is 22.6 Å². The zero-order valence-corrected chi connectivity index (χ0v) is 14.3. The standard InChI is InChI=1S/C15H23N7O2/c1-4-21-13(18-19(3)15(21)24)12-5-7-20(8-6-12)14(23)11(2)22-10-16-9-17-22/h9-12H,4-8H2,1-3H3. The fraction of sp³-hybridized carbons (Fsp3) is 0.667. The molecule has 0 aliphatic carbocycles. The molecule has 3 rings (SSSR count). The number of rotatable bonds is 4. The molecule has 0 radical (unpaired) electrons. The second-order valence-corrected chi connectivity index (χ2v) is 6.16. The predicted octanol–water partition coefficient (Wildman–Crippen LogP) is 0.160. The summed E-state index contributed by atoms with van der Waals surface area (Å²) >= 11 is 0. The zero-order chi connectivity index (χ0) is 17.3. The van der Waals surface area contributed by atoms with E-state index in [1.807, 2.05) is 18.7 Å². The van der Waals surface area contributed by atoms with Crippen molar-refractivity contribution >= 4 is 5.91 Å². The third kappa shape index (κ3) is 2.85. The quantitative estimate of drug-likeness (QED) is 0.795. The molecule has 0 bridgehead atoms. The summed E-state index contributed by atoms with van der Waals surface area (Å²) in [6, 6.07) is -0.354. The van der Waals surface area contributed by atoms with Crippen LogP contribution in [0.3, 0.4) is 0 Å². The highest BCUT2D eigenvalue weighted by Gasteiger charge is 2.30. The van der Waals surface area contributed by atoms with Crippen LogP contribution in [0.5, 0.6) is 0 Å². The average Bonchev–Trinajstić information content (AvgIpc) is 3.23. The van der Waals surface area contributed by atoms with E-state index in [-0.39, 0.29) is 23.6 Å². The Morgan fingerprint density at radius 3 is 2.67 bits per heavy atom. The van der Waals surface area contributed by atoms with E-state index in [0.717, 1.165) is 18.7 Å². The topological polar surface area (TPSA) is 90.8 Å². The molecule has 1 unspecified atom stereocenters. The van der Waals surface area contributed by atoms with Crippen molar-refractivity contribution in [2.75, 3.05) is 13.1 Å². The fourth-order valence-electron chi connectivity index (χ4n) is 3.28. The van der Waals surface area contributed by atoms with Gasteiger partial charge in [0.05, 0.1) is 0 Å². The molecule has 1 saturated heterocycles. The number of aromatic nitrogens is 6. The molecule has 1 atom stereocenters. The van der Waals surface area contributed by atoms with Crippen LogP contribution in [-0.2, 0) is 18.4 Å². The van der Waals surface area contributed by atoms with Crippen LogP contribution in [-0.4, -0.2) is 53.0 Å². The van der Waals surface area contributed by atoms with Gasteiger partial charge in [0.15, 0.2) is 0 Å². The van der Waals surface area contributed by atoms with Crippen LogP contribution in [0.15, 0.2) is 17.4 Å². The van der Waals surface area contributed by atoms with Gasteiger partial charge in [-0.25, -0.2) is 19.1 Å². The monoisotopic (exact) mass is 333 g/mol. The maximum absolute atomic E-state index is 12.6. The molecule has 0 N–H and O–H groups in total. The van der Waals surface area contributed by atoms with Crippen LogP contribution in [0.1, 0.15) is 44.5 Å². The molecule has 130 valence electrons. The number of aryl methyl sites for hydroxylation is 1. The van der Waals surface area contributed by atoms with Crippen molar-refractivity contribution in [2.45, 2.75) is 45.2 Å². The summed E-state index contributed by atoms with van der Waals surface area (Å²) < 4.78 is 4.69. The summed E-state index contributed by atoms with van der Waals surface area (Å²) in [6.45, 7) is 5.72. The lowest BCUT2D eigenvalue weighted by Crippen LogP contribution is -2.42. The smallest absolute Gasteiger partial charge is 0.341 e. The molecule has 1 fully saturated rings. The van der Waals surface area contributed by atoms with E-state index in [9.17, 15) is 9.59 Å². The zero-order valence-electron chi connectivity index (χ0n) is 14.3. The van der Waals surface area contributed by atoms with Crippen molar-refractivity contribution in [1.82, 2.24) is 34.0 Å². The van der Waals surface area contributed by atoms with Crippen LogP contribution in [0.4, 0.5) is 0 Å². The highest BCUT2D eigenvalue weighted by molar-refractivity contribution is 5.80. The maximum Gasteiger partial charge on any atom is 0.345 e. The minimum absolute atomic E-state index is 0.0489. The van der Waals surface area contributed by atoms with Crippen molar-refractivity contribution in [3.05, 3.63) is 29.0 Å². The fourth-order valence-corrected chi connectivity index (χ4v) is 3.28. The SMILES string of the molecule is CCn1c(C2CCN(C(=O)C(C)n3cncn3)CC2)nn(C)c1=O. The van der Waals surface area contributed by atoms with Crippen LogP contribution < -0.4 is 5.69 Å². The molecule has 1 amide bonds. The van der Waals surface area contributed by atoms with Gasteiger partial charge in [0.1, 0.15) is 24.5 Å². The van der Waals surface area contributed by atoms with Gasteiger partial charge in [0.25, 0.3) is 0 Å². The number of carbonyl (C=O) groups is 1. The summed E-state index contributed by atoms with van der Waals surface area (Å²) in [7, 11) is 1.68. The van der Waals surface area contributed by atoms with E-state index in [0.29, 0.717) is 19.6 Å². The molecule has 3 heterocycles. The summed E-state index contributed by atoms with van der Waals surface area (Å²) in [6.07, 6.45) is 4.61. The molecule has 2 aromatic rings. The molecule has 1 aliphatic rings. The van der Waals surface area contributed by atoms with Gasteiger partial charge in [-0.05, 0) is 26.7 Å². The lowest BCUT2D eigenvalue weighted by molar-refractivity contribution is -0.135. The van der Waals surface area contributed by atoms with Gasteiger partial charge in [-0.1, -0.05) is 0 Å². The third-order valence-corrected chi connectivity index (χ3v) is 4.72. The largest absolute Gasteiger partial charge is 0.345 e. The van der Waals surface area contributed by atoms with Gasteiger partial charge >= 0.3 is 5.69 Å². The minimum Gasteiger partial charge on any atom is -0.341 e. The normalized spacial score (nSPS) is 17.2. The number of hydrogen-bond donors (Lipinski definition) is 0. The molecule has 24 heavy (non-hydrogen) atoms. The van der Waals surface area contributed by atoms with Crippen molar-refractivity contribution in [1.29, 1.82) is 0 Å². The molecular formula is C15H23N7O2. The molecule has 1 aliphatic heterocycles. The number of carbonyl (C=O) groups excluding carboxylic acids is 1. The van der Waals surface area contributed by atoms with Crippen molar-refractivity contribution < 1.29 is 4.79 Å². The summed E-state index contributed by atoms with van der Waals surface area (Å²) in [5.41, 5.74) is -0.0780. The van der Waals surface area contributed by atoms with Crippen LogP contribution >= 0.6 is 0 Å². The van der Waals surface area contributed by atoms with E-state index in [2.05, 4.69) is 15.2 Å². The second kappa shape index (κ2) is 6.58.